The Morgan fingerprint density at radius 3 is 2.68 bits per heavy atom. The first-order valence-electron chi connectivity index (χ1n) is 5.75. The highest BCUT2D eigenvalue weighted by Crippen LogP contribution is 2.24. The Morgan fingerprint density at radius 1 is 1.16 bits per heavy atom. The number of ether oxygens (including phenoxy) is 2. The minimum atomic E-state index is -0.345. The summed E-state index contributed by atoms with van der Waals surface area (Å²) in [5, 5.41) is 0. The van der Waals surface area contributed by atoms with Gasteiger partial charge in [0.05, 0.1) is 17.1 Å². The first-order chi connectivity index (χ1) is 9.20. The second kappa shape index (κ2) is 6.38. The fourth-order valence-corrected chi connectivity index (χ4v) is 2.03. The number of hydrogen-bond donors (Lipinski definition) is 0. The minimum Gasteiger partial charge on any atom is -0.488 e. The van der Waals surface area contributed by atoms with E-state index in [0.29, 0.717) is 12.2 Å². The molecule has 3 nitrogen and oxygen atoms in total. The van der Waals surface area contributed by atoms with Gasteiger partial charge < -0.3 is 9.47 Å². The maximum absolute atomic E-state index is 11.4. The average Bonchev–Trinajstić information content (AvgIpc) is 2.46. The van der Waals surface area contributed by atoms with Crippen LogP contribution < -0.4 is 4.74 Å². The number of carbonyl (C=O) groups is 1. The van der Waals surface area contributed by atoms with Gasteiger partial charge in [-0.25, -0.2) is 4.79 Å². The third kappa shape index (κ3) is 3.58. The van der Waals surface area contributed by atoms with Crippen molar-refractivity contribution < 1.29 is 14.3 Å². The van der Waals surface area contributed by atoms with E-state index in [2.05, 4.69) is 20.7 Å². The van der Waals surface area contributed by atoms with Crippen molar-refractivity contribution in [2.24, 2.45) is 0 Å². The van der Waals surface area contributed by atoms with E-state index in [1.54, 1.807) is 12.1 Å². The van der Waals surface area contributed by atoms with Gasteiger partial charge in [0.2, 0.25) is 0 Å². The van der Waals surface area contributed by atoms with Gasteiger partial charge in [0.25, 0.3) is 0 Å². The highest BCUT2D eigenvalue weighted by molar-refractivity contribution is 9.10. The average molecular weight is 321 g/mol. The molecule has 0 radical (unpaired) electrons. The molecule has 98 valence electrons. The molecule has 0 fully saturated rings. The van der Waals surface area contributed by atoms with Crippen molar-refractivity contribution in [3.8, 4) is 5.75 Å². The van der Waals surface area contributed by atoms with E-state index in [1.807, 2.05) is 36.4 Å². The molecule has 2 rings (SSSR count). The van der Waals surface area contributed by atoms with Crippen LogP contribution in [0.25, 0.3) is 0 Å². The summed E-state index contributed by atoms with van der Waals surface area (Å²) in [6, 6.07) is 14.8. The lowest BCUT2D eigenvalue weighted by Crippen LogP contribution is -2.03. The van der Waals surface area contributed by atoms with Crippen LogP contribution in [0.15, 0.2) is 53.0 Å². The highest BCUT2D eigenvalue weighted by atomic mass is 79.9. The van der Waals surface area contributed by atoms with Crippen LogP contribution in [0.5, 0.6) is 5.75 Å². The van der Waals surface area contributed by atoms with Crippen LogP contribution in [-0.2, 0) is 11.3 Å². The van der Waals surface area contributed by atoms with Gasteiger partial charge in [-0.2, -0.15) is 0 Å². The highest BCUT2D eigenvalue weighted by Gasteiger charge is 2.06. The third-order valence-corrected chi connectivity index (χ3v) is 3.23. The van der Waals surface area contributed by atoms with Gasteiger partial charge in [-0.3, -0.25) is 0 Å². The summed E-state index contributed by atoms with van der Waals surface area (Å²) in [4.78, 5) is 11.4. The SMILES string of the molecule is COC(=O)c1cccc(COc2ccccc2Br)c1. The van der Waals surface area contributed by atoms with Crippen molar-refractivity contribution in [3.63, 3.8) is 0 Å². The second-order valence-electron chi connectivity index (χ2n) is 3.91. The molecule has 4 heteroatoms. The number of methoxy groups -OCH3 is 1. The fourth-order valence-electron chi connectivity index (χ4n) is 1.63. The molecule has 19 heavy (non-hydrogen) atoms. The number of hydrogen-bond acceptors (Lipinski definition) is 3. The lowest BCUT2D eigenvalue weighted by molar-refractivity contribution is 0.0600. The molecule has 2 aromatic rings. The van der Waals surface area contributed by atoms with Crippen molar-refractivity contribution in [2.45, 2.75) is 6.61 Å². The topological polar surface area (TPSA) is 35.5 Å². The minimum absolute atomic E-state index is 0.345. The van der Waals surface area contributed by atoms with Gasteiger partial charge in [0, 0.05) is 0 Å². The zero-order chi connectivity index (χ0) is 13.7. The first kappa shape index (κ1) is 13.6. The Hall–Kier alpha value is -1.81. The number of benzene rings is 2. The van der Waals surface area contributed by atoms with Crippen LogP contribution in [0.3, 0.4) is 0 Å². The zero-order valence-electron chi connectivity index (χ0n) is 10.4. The molecule has 0 heterocycles. The van der Waals surface area contributed by atoms with Crippen LogP contribution >= 0.6 is 15.9 Å². The van der Waals surface area contributed by atoms with Crippen molar-refractivity contribution in [3.05, 3.63) is 64.1 Å². The lowest BCUT2D eigenvalue weighted by atomic mass is 10.1. The number of rotatable bonds is 4. The van der Waals surface area contributed by atoms with Crippen LogP contribution in [0.4, 0.5) is 0 Å². The summed E-state index contributed by atoms with van der Waals surface area (Å²) in [6.45, 7) is 0.396. The number of esters is 1. The fraction of sp³-hybridized carbons (Fsp3) is 0.133. The van der Waals surface area contributed by atoms with Crippen molar-refractivity contribution >= 4 is 21.9 Å². The molecule has 0 aliphatic heterocycles. The van der Waals surface area contributed by atoms with E-state index in [4.69, 9.17) is 4.74 Å². The van der Waals surface area contributed by atoms with Gasteiger partial charge in [-0.1, -0.05) is 24.3 Å². The molecule has 0 amide bonds. The standard InChI is InChI=1S/C15H13BrO3/c1-18-15(17)12-6-4-5-11(9-12)10-19-14-8-3-2-7-13(14)16/h2-9H,10H2,1H3. The molecule has 0 saturated carbocycles. The van der Waals surface area contributed by atoms with Crippen molar-refractivity contribution in [1.82, 2.24) is 0 Å². The summed E-state index contributed by atoms with van der Waals surface area (Å²) >= 11 is 3.42. The Balaban J connectivity index is 2.08. The molecule has 0 saturated heterocycles. The van der Waals surface area contributed by atoms with Gasteiger partial charge >= 0.3 is 5.97 Å². The Bertz CT molecular complexity index is 581. The second-order valence-corrected chi connectivity index (χ2v) is 4.77. The third-order valence-electron chi connectivity index (χ3n) is 2.58. The molecule has 2 aromatic carbocycles. The molecule has 0 unspecified atom stereocenters. The quantitative estimate of drug-likeness (QED) is 0.803. The smallest absolute Gasteiger partial charge is 0.337 e. The van der Waals surface area contributed by atoms with E-state index < -0.39 is 0 Å². The van der Waals surface area contributed by atoms with Crippen molar-refractivity contribution in [2.75, 3.05) is 7.11 Å². The van der Waals surface area contributed by atoms with Crippen LogP contribution in [0, 0.1) is 0 Å². The normalized spacial score (nSPS) is 10.0. The van der Waals surface area contributed by atoms with Crippen LogP contribution in [0.2, 0.25) is 0 Å². The monoisotopic (exact) mass is 320 g/mol. The number of para-hydroxylation sites is 1. The predicted octanol–water partition coefficient (Wildman–Crippen LogP) is 3.81. The van der Waals surface area contributed by atoms with Crippen molar-refractivity contribution in [1.29, 1.82) is 0 Å². The molecule has 0 aliphatic carbocycles. The van der Waals surface area contributed by atoms with Crippen LogP contribution in [-0.4, -0.2) is 13.1 Å². The van der Waals surface area contributed by atoms with E-state index in [0.717, 1.165) is 15.8 Å². The molecule has 0 bridgehead atoms. The van der Waals surface area contributed by atoms with E-state index in [-0.39, 0.29) is 5.97 Å². The molecule has 0 atom stereocenters. The summed E-state index contributed by atoms with van der Waals surface area (Å²) in [6.07, 6.45) is 0. The maximum atomic E-state index is 11.4. The Labute approximate surface area is 120 Å². The molecular formula is C15H13BrO3. The summed E-state index contributed by atoms with van der Waals surface area (Å²) in [5.74, 6) is 0.425. The first-order valence-corrected chi connectivity index (χ1v) is 6.54. The summed E-state index contributed by atoms with van der Waals surface area (Å²) < 4.78 is 11.3. The van der Waals surface area contributed by atoms with Gasteiger partial charge in [-0.15, -0.1) is 0 Å². The Kier molecular flexibility index (Phi) is 4.58. The van der Waals surface area contributed by atoms with Gasteiger partial charge in [0.1, 0.15) is 12.4 Å². The lowest BCUT2D eigenvalue weighted by Gasteiger charge is -2.08. The maximum Gasteiger partial charge on any atom is 0.337 e. The molecular weight excluding hydrogens is 308 g/mol. The van der Waals surface area contributed by atoms with Gasteiger partial charge in [0.15, 0.2) is 0 Å². The molecule has 0 aliphatic rings. The largest absolute Gasteiger partial charge is 0.488 e. The Morgan fingerprint density at radius 2 is 1.95 bits per heavy atom. The van der Waals surface area contributed by atoms with E-state index in [1.165, 1.54) is 7.11 Å². The number of carbonyl (C=O) groups excluding carboxylic acids is 1. The van der Waals surface area contributed by atoms with E-state index >= 15 is 0 Å². The molecule has 0 N–H and O–H groups in total. The zero-order valence-corrected chi connectivity index (χ0v) is 12.0. The van der Waals surface area contributed by atoms with Crippen LogP contribution in [0.1, 0.15) is 15.9 Å². The summed E-state index contributed by atoms with van der Waals surface area (Å²) in [7, 11) is 1.37. The summed E-state index contributed by atoms with van der Waals surface area (Å²) in [5.41, 5.74) is 1.44. The molecule has 0 spiro atoms. The predicted molar refractivity (Wildman–Crippen MR) is 76.3 cm³/mol. The number of halogens is 1. The van der Waals surface area contributed by atoms with Gasteiger partial charge in [-0.05, 0) is 45.8 Å². The molecule has 0 aromatic heterocycles. The van der Waals surface area contributed by atoms with E-state index in [9.17, 15) is 4.79 Å².